The average Bonchev–Trinajstić information content (AvgIpc) is 2.26. The van der Waals surface area contributed by atoms with Crippen LogP contribution < -0.4 is 0 Å². The molecule has 0 aliphatic heterocycles. The first-order valence-electron chi connectivity index (χ1n) is 8.22. The first-order valence-corrected chi connectivity index (χ1v) is 8.22. The van der Waals surface area contributed by atoms with Crippen molar-refractivity contribution in [2.45, 2.75) is 93.9 Å². The van der Waals surface area contributed by atoms with Crippen LogP contribution in [-0.4, -0.2) is 0 Å². The molecule has 0 amide bonds. The van der Waals surface area contributed by atoms with E-state index in [1.807, 2.05) is 13.0 Å². The first kappa shape index (κ1) is 24.5. The van der Waals surface area contributed by atoms with Gasteiger partial charge in [-0.25, -0.2) is 0 Å². The molecule has 20 heavy (non-hydrogen) atoms. The minimum Gasteiger partial charge on any atom is -0.103 e. The van der Waals surface area contributed by atoms with Crippen molar-refractivity contribution in [3.63, 3.8) is 0 Å². The third-order valence-corrected chi connectivity index (χ3v) is 2.62. The predicted molar refractivity (Wildman–Crippen MR) is 98.4 cm³/mol. The van der Waals surface area contributed by atoms with E-state index in [0.717, 1.165) is 6.42 Å². The first-order chi connectivity index (χ1) is 9.04. The van der Waals surface area contributed by atoms with Crippen molar-refractivity contribution in [2.75, 3.05) is 0 Å². The van der Waals surface area contributed by atoms with E-state index < -0.39 is 0 Å². The summed E-state index contributed by atoms with van der Waals surface area (Å²) in [5, 5.41) is 0. The van der Waals surface area contributed by atoms with Gasteiger partial charge in [0.1, 0.15) is 0 Å². The van der Waals surface area contributed by atoms with E-state index in [1.165, 1.54) is 32.1 Å². The van der Waals surface area contributed by atoms with Crippen molar-refractivity contribution >= 4 is 0 Å². The quantitative estimate of drug-likeness (QED) is 0.356. The van der Waals surface area contributed by atoms with Gasteiger partial charge in [0, 0.05) is 0 Å². The highest BCUT2D eigenvalue weighted by Gasteiger charge is 2.08. The molecule has 0 aromatic carbocycles. The maximum absolute atomic E-state index is 3.68. The summed E-state index contributed by atoms with van der Waals surface area (Å²) in [6.07, 6.45) is 11.6. The Balaban J connectivity index is -0.000000243. The summed E-state index contributed by atoms with van der Waals surface area (Å²) in [5.41, 5.74) is 1.05. The molecule has 122 valence electrons. The molecule has 0 heteroatoms. The minimum absolute atomic E-state index is 0.503. The van der Waals surface area contributed by atoms with E-state index in [-0.39, 0.29) is 0 Å². The normalized spacial score (nSPS) is 10.6. The fourth-order valence-corrected chi connectivity index (χ4v) is 1.48. The summed E-state index contributed by atoms with van der Waals surface area (Å²) in [7, 11) is 0. The fourth-order valence-electron chi connectivity index (χ4n) is 1.48. The summed E-state index contributed by atoms with van der Waals surface area (Å²) >= 11 is 0. The van der Waals surface area contributed by atoms with E-state index in [2.05, 4.69) is 61.6 Å². The Morgan fingerprint density at radius 3 is 1.35 bits per heavy atom. The molecule has 0 atom stereocenters. The molecule has 0 aromatic heterocycles. The van der Waals surface area contributed by atoms with Crippen molar-refractivity contribution in [2.24, 2.45) is 10.8 Å². The largest absolute Gasteiger partial charge is 0.103 e. The average molecular weight is 283 g/mol. The highest BCUT2D eigenvalue weighted by atomic mass is 14.1. The van der Waals surface area contributed by atoms with Crippen LogP contribution in [-0.2, 0) is 0 Å². The van der Waals surface area contributed by atoms with E-state index in [0.29, 0.717) is 10.8 Å². The van der Waals surface area contributed by atoms with Gasteiger partial charge in [0.2, 0.25) is 0 Å². The second-order valence-electron chi connectivity index (χ2n) is 7.81. The highest BCUT2D eigenvalue weighted by Crippen LogP contribution is 2.21. The molecule has 0 aliphatic rings. The molecular weight excluding hydrogens is 240 g/mol. The Labute approximate surface area is 130 Å². The smallest absolute Gasteiger partial charge is 0.0353 e. The van der Waals surface area contributed by atoms with E-state index in [1.54, 1.807) is 6.08 Å². The second kappa shape index (κ2) is 14.9. The van der Waals surface area contributed by atoms with Crippen LogP contribution in [0.3, 0.4) is 0 Å². The Kier molecular flexibility index (Phi) is 18.2. The van der Waals surface area contributed by atoms with E-state index in [9.17, 15) is 0 Å². The monoisotopic (exact) mass is 282 g/mol. The van der Waals surface area contributed by atoms with E-state index in [4.69, 9.17) is 0 Å². The number of unbranched alkanes of at least 4 members (excludes halogenated alkanes) is 2. The van der Waals surface area contributed by atoms with Crippen LogP contribution in [0.5, 0.6) is 0 Å². The number of allylic oxidation sites excluding steroid dienone is 2. The predicted octanol–water partition coefficient (Wildman–Crippen LogP) is 7.80. The zero-order valence-corrected chi connectivity index (χ0v) is 15.8. The lowest BCUT2D eigenvalue weighted by Gasteiger charge is -2.16. The van der Waals surface area contributed by atoms with Crippen LogP contribution in [0.2, 0.25) is 0 Å². The lowest BCUT2D eigenvalue weighted by molar-refractivity contribution is 0.363. The van der Waals surface area contributed by atoms with E-state index >= 15 is 0 Å². The van der Waals surface area contributed by atoms with Gasteiger partial charge in [-0.3, -0.25) is 0 Å². The molecule has 0 fully saturated rings. The topological polar surface area (TPSA) is 0 Å². The number of hydrogen-bond acceptors (Lipinski definition) is 0. The van der Waals surface area contributed by atoms with Crippen molar-refractivity contribution in [3.8, 4) is 0 Å². The van der Waals surface area contributed by atoms with Gasteiger partial charge in [-0.15, -0.1) is 13.2 Å². The van der Waals surface area contributed by atoms with Gasteiger partial charge < -0.3 is 0 Å². The maximum atomic E-state index is 3.68. The van der Waals surface area contributed by atoms with Gasteiger partial charge in [0.05, 0.1) is 0 Å². The Morgan fingerprint density at radius 2 is 1.15 bits per heavy atom. The lowest BCUT2D eigenvalue weighted by atomic mass is 9.90. The zero-order valence-electron chi connectivity index (χ0n) is 15.8. The standard InChI is InChI=1S/C9H18.C8H18.C3H6/c1-5-6-7-8-9(2,3)4;1-5-6-7-8(2,3)4;1-3-2/h5H,1,6-8H2,2-4H3;5-7H2,1-4H3;3H,1H2,2H3. The number of hydrogen-bond donors (Lipinski definition) is 0. The zero-order chi connectivity index (χ0) is 16.7. The Morgan fingerprint density at radius 1 is 0.800 bits per heavy atom. The van der Waals surface area contributed by atoms with Crippen molar-refractivity contribution < 1.29 is 0 Å². The van der Waals surface area contributed by atoms with Crippen LogP contribution in [0.1, 0.15) is 93.9 Å². The molecule has 0 unspecified atom stereocenters. The summed E-state index contributed by atoms with van der Waals surface area (Å²) in [5.74, 6) is 0. The third kappa shape index (κ3) is 43.2. The van der Waals surface area contributed by atoms with Crippen molar-refractivity contribution in [3.05, 3.63) is 25.3 Å². The van der Waals surface area contributed by atoms with Crippen LogP contribution in [0.15, 0.2) is 25.3 Å². The highest BCUT2D eigenvalue weighted by molar-refractivity contribution is 4.69. The summed E-state index contributed by atoms with van der Waals surface area (Å²) in [6.45, 7) is 24.9. The molecule has 0 heterocycles. The minimum atomic E-state index is 0.503. The van der Waals surface area contributed by atoms with Gasteiger partial charge in [0.15, 0.2) is 0 Å². The van der Waals surface area contributed by atoms with Gasteiger partial charge in [-0.1, -0.05) is 73.5 Å². The molecule has 0 rings (SSSR count). The SMILES string of the molecule is C=CC.C=CCCCC(C)(C)C.CCCCC(C)(C)C. The van der Waals surface area contributed by atoms with Crippen LogP contribution >= 0.6 is 0 Å². The Hall–Kier alpha value is -0.520. The molecule has 0 N–H and O–H groups in total. The summed E-state index contributed by atoms with van der Waals surface area (Å²) in [4.78, 5) is 0. The van der Waals surface area contributed by atoms with Gasteiger partial charge in [-0.2, -0.15) is 0 Å². The van der Waals surface area contributed by atoms with Crippen LogP contribution in [0.4, 0.5) is 0 Å². The van der Waals surface area contributed by atoms with Gasteiger partial charge in [-0.05, 0) is 43.4 Å². The summed E-state index contributed by atoms with van der Waals surface area (Å²) < 4.78 is 0. The molecule has 0 aliphatic carbocycles. The Bertz CT molecular complexity index is 197. The fraction of sp³-hybridized carbons (Fsp3) is 0.800. The number of rotatable bonds is 5. The molecule has 0 nitrogen and oxygen atoms in total. The van der Waals surface area contributed by atoms with Crippen LogP contribution in [0, 0.1) is 10.8 Å². The van der Waals surface area contributed by atoms with Gasteiger partial charge in [0.25, 0.3) is 0 Å². The molecule has 0 saturated heterocycles. The van der Waals surface area contributed by atoms with Crippen molar-refractivity contribution in [1.29, 1.82) is 0 Å². The van der Waals surface area contributed by atoms with Crippen LogP contribution in [0.25, 0.3) is 0 Å². The second-order valence-corrected chi connectivity index (χ2v) is 7.81. The summed E-state index contributed by atoms with van der Waals surface area (Å²) in [6, 6.07) is 0. The van der Waals surface area contributed by atoms with Crippen molar-refractivity contribution in [1.82, 2.24) is 0 Å². The molecule has 0 radical (unpaired) electrons. The third-order valence-electron chi connectivity index (χ3n) is 2.62. The molecule has 0 saturated carbocycles. The molecule has 0 bridgehead atoms. The lowest BCUT2D eigenvalue weighted by Crippen LogP contribution is -2.03. The molecule has 0 spiro atoms. The van der Waals surface area contributed by atoms with Gasteiger partial charge >= 0.3 is 0 Å². The molecular formula is C20H42. The maximum Gasteiger partial charge on any atom is -0.0353 e. The molecule has 0 aromatic rings.